The first-order valence-electron chi connectivity index (χ1n) is 7.72. The fourth-order valence-electron chi connectivity index (χ4n) is 1.65. The molecule has 5 heteroatoms. The summed E-state index contributed by atoms with van der Waals surface area (Å²) in [6.45, 7) is 9.28. The summed E-state index contributed by atoms with van der Waals surface area (Å²) in [5, 5.41) is 10.1. The Kier molecular flexibility index (Phi) is 6.47. The van der Waals surface area contributed by atoms with Crippen molar-refractivity contribution < 1.29 is 9.76 Å². The van der Waals surface area contributed by atoms with Crippen LogP contribution in [0.1, 0.15) is 27.7 Å². The van der Waals surface area contributed by atoms with E-state index in [0.29, 0.717) is 0 Å². The molecule has 1 radical (unpaired) electrons. The standard InChI is InChI=1S/C17H30BN2O2/c1-16(2,21)17(3,4)22-18-14-8-10-15(11-9-14)20(7)13-12-19(5)6/h8-11,21H,12-13H2,1-7H3. The molecule has 4 nitrogen and oxygen atoms in total. The summed E-state index contributed by atoms with van der Waals surface area (Å²) >= 11 is 0. The van der Waals surface area contributed by atoms with Gasteiger partial charge in [-0.25, -0.2) is 0 Å². The van der Waals surface area contributed by atoms with Crippen LogP contribution >= 0.6 is 0 Å². The predicted molar refractivity (Wildman–Crippen MR) is 95.1 cm³/mol. The molecule has 0 fully saturated rings. The molecule has 0 unspecified atom stereocenters. The quantitative estimate of drug-likeness (QED) is 0.738. The molecule has 0 atom stereocenters. The number of rotatable bonds is 8. The van der Waals surface area contributed by atoms with Crippen LogP contribution in [0.2, 0.25) is 0 Å². The van der Waals surface area contributed by atoms with Gasteiger partial charge in [-0.05, 0) is 53.9 Å². The zero-order valence-electron chi connectivity index (χ0n) is 15.1. The third kappa shape index (κ3) is 5.63. The summed E-state index contributed by atoms with van der Waals surface area (Å²) in [5.74, 6) is 0. The second kappa shape index (κ2) is 7.49. The molecular weight excluding hydrogens is 275 g/mol. The predicted octanol–water partition coefficient (Wildman–Crippen LogP) is 1.49. The van der Waals surface area contributed by atoms with E-state index >= 15 is 0 Å². The van der Waals surface area contributed by atoms with Gasteiger partial charge >= 0.3 is 7.48 Å². The van der Waals surface area contributed by atoms with Gasteiger partial charge in [0.15, 0.2) is 0 Å². The van der Waals surface area contributed by atoms with Gasteiger partial charge in [-0.15, -0.1) is 0 Å². The third-order valence-corrected chi connectivity index (χ3v) is 4.18. The summed E-state index contributed by atoms with van der Waals surface area (Å²) in [6.07, 6.45) is 0. The monoisotopic (exact) mass is 305 g/mol. The number of likely N-dealkylation sites (N-methyl/N-ethyl adjacent to an activating group) is 2. The van der Waals surface area contributed by atoms with Crippen molar-refractivity contribution in [3.05, 3.63) is 24.3 Å². The third-order valence-electron chi connectivity index (χ3n) is 4.18. The van der Waals surface area contributed by atoms with Crippen molar-refractivity contribution >= 4 is 18.6 Å². The molecule has 0 saturated carbocycles. The first-order valence-corrected chi connectivity index (χ1v) is 7.72. The molecule has 0 bridgehead atoms. The average Bonchev–Trinajstić information content (AvgIpc) is 2.42. The molecule has 0 aliphatic rings. The van der Waals surface area contributed by atoms with E-state index in [1.807, 2.05) is 26.0 Å². The first kappa shape index (κ1) is 19.0. The summed E-state index contributed by atoms with van der Waals surface area (Å²) in [6, 6.07) is 8.23. The molecule has 0 aliphatic heterocycles. The lowest BCUT2D eigenvalue weighted by Crippen LogP contribution is -2.49. The van der Waals surface area contributed by atoms with E-state index in [0.717, 1.165) is 18.6 Å². The zero-order valence-corrected chi connectivity index (χ0v) is 15.1. The molecular formula is C17H30BN2O2. The number of hydrogen-bond acceptors (Lipinski definition) is 4. The molecule has 0 saturated heterocycles. The SMILES string of the molecule is CN(C)CCN(C)c1ccc([B]OC(C)(C)C(C)(C)O)cc1. The minimum absolute atomic E-state index is 0.645. The Morgan fingerprint density at radius 2 is 1.55 bits per heavy atom. The fraction of sp³-hybridized carbons (Fsp3) is 0.647. The first-order chi connectivity index (χ1) is 10.0. The molecule has 123 valence electrons. The zero-order chi connectivity index (χ0) is 17.0. The molecule has 1 aromatic rings. The van der Waals surface area contributed by atoms with Gasteiger partial charge < -0.3 is 19.6 Å². The van der Waals surface area contributed by atoms with Gasteiger partial charge in [0, 0.05) is 25.8 Å². The lowest BCUT2D eigenvalue weighted by atomic mass is 9.82. The maximum atomic E-state index is 10.1. The normalized spacial score (nSPS) is 12.6. The van der Waals surface area contributed by atoms with E-state index in [-0.39, 0.29) is 0 Å². The highest BCUT2D eigenvalue weighted by atomic mass is 16.5. The van der Waals surface area contributed by atoms with Gasteiger partial charge in [0.2, 0.25) is 0 Å². The lowest BCUT2D eigenvalue weighted by Gasteiger charge is -2.37. The minimum Gasteiger partial charge on any atom is -0.427 e. The van der Waals surface area contributed by atoms with Gasteiger partial charge in [0.05, 0.1) is 11.2 Å². The highest BCUT2D eigenvalue weighted by molar-refractivity contribution is 6.47. The Balaban J connectivity index is 2.59. The minimum atomic E-state index is -0.907. The Bertz CT molecular complexity index is 453. The van der Waals surface area contributed by atoms with E-state index in [1.54, 1.807) is 21.3 Å². The Hall–Kier alpha value is -1.04. The van der Waals surface area contributed by atoms with Crippen LogP contribution in [0, 0.1) is 0 Å². The fourth-order valence-corrected chi connectivity index (χ4v) is 1.65. The Morgan fingerprint density at radius 3 is 2.00 bits per heavy atom. The van der Waals surface area contributed by atoms with Gasteiger partial charge in [0.1, 0.15) is 0 Å². The molecule has 0 amide bonds. The van der Waals surface area contributed by atoms with Crippen molar-refractivity contribution in [3.8, 4) is 0 Å². The lowest BCUT2D eigenvalue weighted by molar-refractivity contribution is -0.0893. The van der Waals surface area contributed by atoms with Crippen molar-refractivity contribution in [1.82, 2.24) is 4.90 Å². The van der Waals surface area contributed by atoms with E-state index in [9.17, 15) is 5.11 Å². The van der Waals surface area contributed by atoms with Crippen molar-refractivity contribution in [2.75, 3.05) is 39.1 Å². The molecule has 22 heavy (non-hydrogen) atoms. The molecule has 0 spiro atoms. The van der Waals surface area contributed by atoms with Crippen LogP contribution in [0.15, 0.2) is 24.3 Å². The summed E-state index contributed by atoms with van der Waals surface area (Å²) in [7, 11) is 7.96. The summed E-state index contributed by atoms with van der Waals surface area (Å²) < 4.78 is 5.76. The Morgan fingerprint density at radius 1 is 1.00 bits per heavy atom. The molecule has 1 aromatic carbocycles. The number of anilines is 1. The van der Waals surface area contributed by atoms with Crippen molar-refractivity contribution in [2.45, 2.75) is 38.9 Å². The van der Waals surface area contributed by atoms with E-state index in [4.69, 9.17) is 4.65 Å². The van der Waals surface area contributed by atoms with Crippen molar-refractivity contribution in [2.24, 2.45) is 0 Å². The van der Waals surface area contributed by atoms with Crippen LogP contribution in [0.4, 0.5) is 5.69 Å². The van der Waals surface area contributed by atoms with Gasteiger partial charge in [-0.2, -0.15) is 0 Å². The number of benzene rings is 1. The highest BCUT2D eigenvalue weighted by Gasteiger charge is 2.35. The van der Waals surface area contributed by atoms with E-state index < -0.39 is 11.2 Å². The average molecular weight is 305 g/mol. The van der Waals surface area contributed by atoms with Crippen LogP contribution in [0.25, 0.3) is 0 Å². The number of aliphatic hydroxyl groups is 1. The second-order valence-corrected chi connectivity index (χ2v) is 7.12. The molecule has 0 heterocycles. The van der Waals surface area contributed by atoms with E-state index in [2.05, 4.69) is 43.1 Å². The topological polar surface area (TPSA) is 35.9 Å². The largest absolute Gasteiger partial charge is 0.427 e. The van der Waals surface area contributed by atoms with Crippen LogP contribution < -0.4 is 10.4 Å². The highest BCUT2D eigenvalue weighted by Crippen LogP contribution is 2.24. The van der Waals surface area contributed by atoms with Crippen LogP contribution in [-0.4, -0.2) is 62.9 Å². The number of hydrogen-bond donors (Lipinski definition) is 1. The molecule has 0 aliphatic carbocycles. The second-order valence-electron chi connectivity index (χ2n) is 7.12. The maximum Gasteiger partial charge on any atom is 0.330 e. The molecule has 1 N–H and O–H groups in total. The molecule has 0 aromatic heterocycles. The van der Waals surface area contributed by atoms with E-state index in [1.165, 1.54) is 5.69 Å². The van der Waals surface area contributed by atoms with Crippen molar-refractivity contribution in [1.29, 1.82) is 0 Å². The Labute approximate surface area is 136 Å². The van der Waals surface area contributed by atoms with Gasteiger partial charge in [-0.3, -0.25) is 0 Å². The number of nitrogens with zero attached hydrogens (tertiary/aromatic N) is 2. The smallest absolute Gasteiger partial charge is 0.330 e. The summed E-state index contributed by atoms with van der Waals surface area (Å²) in [5.41, 5.74) is 0.618. The van der Waals surface area contributed by atoms with Crippen molar-refractivity contribution in [3.63, 3.8) is 0 Å². The van der Waals surface area contributed by atoms with Crippen LogP contribution in [0.3, 0.4) is 0 Å². The summed E-state index contributed by atoms with van der Waals surface area (Å²) in [4.78, 5) is 4.40. The maximum absolute atomic E-state index is 10.1. The molecule has 1 rings (SSSR count). The van der Waals surface area contributed by atoms with Crippen LogP contribution in [-0.2, 0) is 4.65 Å². The van der Waals surface area contributed by atoms with Gasteiger partial charge in [0.25, 0.3) is 0 Å². The van der Waals surface area contributed by atoms with Crippen LogP contribution in [0.5, 0.6) is 0 Å². The van der Waals surface area contributed by atoms with Gasteiger partial charge in [-0.1, -0.05) is 17.6 Å².